The van der Waals surface area contributed by atoms with Gasteiger partial charge in [0.25, 0.3) is 0 Å². The Morgan fingerprint density at radius 3 is 2.34 bits per heavy atom. The standard InChI is InChI=1S/C26H41N3O3/c1-26(2,3)28-18-22(31)19-32-24-14-13-20(25-23(24)16-21(17-27)29-25)12-10-8-6-4-5-7-9-11-15-30/h13-14,16,22,28-31H,4-12,15,18-19H2,1-3H3/t22-/m1/s1. The summed E-state index contributed by atoms with van der Waals surface area (Å²) in [4.78, 5) is 3.23. The number of ether oxygens (including phenoxy) is 1. The zero-order valence-electron chi connectivity index (χ0n) is 20.0. The fourth-order valence-corrected chi connectivity index (χ4v) is 3.80. The van der Waals surface area contributed by atoms with Gasteiger partial charge in [-0.05, 0) is 57.7 Å². The molecule has 0 saturated heterocycles. The van der Waals surface area contributed by atoms with Gasteiger partial charge >= 0.3 is 0 Å². The first-order valence-corrected chi connectivity index (χ1v) is 12.1. The lowest BCUT2D eigenvalue weighted by Gasteiger charge is -2.23. The third-order valence-electron chi connectivity index (χ3n) is 5.61. The quantitative estimate of drug-likeness (QED) is 0.296. The molecule has 1 atom stereocenters. The number of nitrogens with one attached hydrogen (secondary N) is 2. The Hall–Kier alpha value is -2.07. The largest absolute Gasteiger partial charge is 0.490 e. The minimum absolute atomic E-state index is 0.0574. The smallest absolute Gasteiger partial charge is 0.128 e. The number of nitrogens with zero attached hydrogens (tertiary/aromatic N) is 1. The van der Waals surface area contributed by atoms with E-state index in [-0.39, 0.29) is 12.1 Å². The van der Waals surface area contributed by atoms with Crippen molar-refractivity contribution in [2.45, 2.75) is 90.2 Å². The molecule has 0 radical (unpaired) electrons. The minimum atomic E-state index is -0.609. The van der Waals surface area contributed by atoms with Gasteiger partial charge in [-0.2, -0.15) is 5.26 Å². The Labute approximate surface area is 193 Å². The average molecular weight is 444 g/mol. The van der Waals surface area contributed by atoms with Crippen molar-refractivity contribution < 1.29 is 14.9 Å². The molecule has 32 heavy (non-hydrogen) atoms. The van der Waals surface area contributed by atoms with Crippen molar-refractivity contribution in [2.75, 3.05) is 19.8 Å². The number of aliphatic hydroxyl groups excluding tert-OH is 2. The van der Waals surface area contributed by atoms with E-state index in [0.717, 1.165) is 36.6 Å². The highest BCUT2D eigenvalue weighted by Crippen LogP contribution is 2.30. The molecule has 0 unspecified atom stereocenters. The molecule has 0 fully saturated rings. The summed E-state index contributed by atoms with van der Waals surface area (Å²) in [6, 6.07) is 8.05. The Balaban J connectivity index is 1.88. The van der Waals surface area contributed by atoms with Crippen LogP contribution in [0, 0.1) is 11.3 Å². The van der Waals surface area contributed by atoms with Gasteiger partial charge < -0.3 is 25.3 Å². The summed E-state index contributed by atoms with van der Waals surface area (Å²) in [7, 11) is 0. The zero-order valence-corrected chi connectivity index (χ0v) is 20.0. The van der Waals surface area contributed by atoms with Gasteiger partial charge in [0.05, 0.1) is 5.52 Å². The summed E-state index contributed by atoms with van der Waals surface area (Å²) in [5.74, 6) is 0.694. The Morgan fingerprint density at radius 2 is 1.72 bits per heavy atom. The predicted molar refractivity (Wildman–Crippen MR) is 130 cm³/mol. The van der Waals surface area contributed by atoms with Gasteiger partial charge in [0, 0.05) is 24.1 Å². The molecule has 1 aromatic carbocycles. The van der Waals surface area contributed by atoms with Crippen LogP contribution in [0.5, 0.6) is 5.75 Å². The number of rotatable bonds is 15. The molecule has 2 aromatic rings. The third kappa shape index (κ3) is 9.20. The van der Waals surface area contributed by atoms with E-state index in [4.69, 9.17) is 9.84 Å². The van der Waals surface area contributed by atoms with Crippen LogP contribution >= 0.6 is 0 Å². The molecule has 1 heterocycles. The second kappa shape index (κ2) is 13.5. The lowest BCUT2D eigenvalue weighted by Crippen LogP contribution is -2.42. The van der Waals surface area contributed by atoms with Gasteiger partial charge in [0.2, 0.25) is 0 Å². The molecule has 0 spiro atoms. The lowest BCUT2D eigenvalue weighted by molar-refractivity contribution is 0.101. The molecule has 178 valence electrons. The summed E-state index contributed by atoms with van der Waals surface area (Å²) in [5.41, 5.74) is 2.63. The number of β-amino-alcohol motifs (C(OH)–C–C–N with tert-alkyl or cyclic N) is 1. The fraction of sp³-hybridized carbons (Fsp3) is 0.654. The van der Waals surface area contributed by atoms with Crippen LogP contribution in [-0.4, -0.2) is 46.6 Å². The summed E-state index contributed by atoms with van der Waals surface area (Å²) < 4.78 is 5.92. The van der Waals surface area contributed by atoms with Crippen molar-refractivity contribution >= 4 is 10.9 Å². The lowest BCUT2D eigenvalue weighted by atomic mass is 10.0. The Kier molecular flexibility index (Phi) is 11.0. The molecule has 0 aliphatic carbocycles. The van der Waals surface area contributed by atoms with Gasteiger partial charge in [0.1, 0.15) is 30.2 Å². The summed E-state index contributed by atoms with van der Waals surface area (Å²) in [6.45, 7) is 7.15. The number of H-pyrrole nitrogens is 1. The SMILES string of the molecule is CC(C)(C)NC[C@@H](O)COc1ccc(CCCCCCCCCCO)c2[nH]c(C#N)cc12. The maximum atomic E-state index is 10.2. The third-order valence-corrected chi connectivity index (χ3v) is 5.61. The first kappa shape index (κ1) is 26.2. The van der Waals surface area contributed by atoms with Crippen LogP contribution in [-0.2, 0) is 6.42 Å². The second-order valence-corrected chi connectivity index (χ2v) is 9.70. The predicted octanol–water partition coefficient (Wildman–Crippen LogP) is 4.82. The van der Waals surface area contributed by atoms with E-state index in [9.17, 15) is 10.4 Å². The zero-order chi connectivity index (χ0) is 23.4. The van der Waals surface area contributed by atoms with E-state index in [0.29, 0.717) is 24.6 Å². The fourth-order valence-electron chi connectivity index (χ4n) is 3.80. The highest BCUT2D eigenvalue weighted by atomic mass is 16.5. The van der Waals surface area contributed by atoms with Crippen LogP contribution in [0.15, 0.2) is 18.2 Å². The molecule has 0 aliphatic heterocycles. The molecule has 4 N–H and O–H groups in total. The summed E-state index contributed by atoms with van der Waals surface area (Å²) in [5, 5.41) is 32.6. The van der Waals surface area contributed by atoms with Crippen LogP contribution < -0.4 is 10.1 Å². The molecule has 6 heteroatoms. The Bertz CT molecular complexity index is 848. The molecule has 6 nitrogen and oxygen atoms in total. The van der Waals surface area contributed by atoms with E-state index in [2.05, 4.69) is 43.2 Å². The maximum Gasteiger partial charge on any atom is 0.128 e. The number of nitriles is 1. The number of fused-ring (bicyclic) bond motifs is 1. The van der Waals surface area contributed by atoms with Crippen LogP contribution in [0.2, 0.25) is 0 Å². The normalized spacial score (nSPS) is 12.8. The number of aryl methyl sites for hydroxylation is 1. The van der Waals surface area contributed by atoms with E-state index >= 15 is 0 Å². The van der Waals surface area contributed by atoms with Crippen LogP contribution in [0.4, 0.5) is 0 Å². The Morgan fingerprint density at radius 1 is 1.06 bits per heavy atom. The molecular weight excluding hydrogens is 402 g/mol. The molecule has 0 bridgehead atoms. The van der Waals surface area contributed by atoms with E-state index < -0.39 is 6.10 Å². The van der Waals surface area contributed by atoms with Crippen molar-refractivity contribution in [3.63, 3.8) is 0 Å². The maximum absolute atomic E-state index is 10.2. The highest BCUT2D eigenvalue weighted by Gasteiger charge is 2.15. The number of benzene rings is 1. The monoisotopic (exact) mass is 443 g/mol. The molecule has 0 aliphatic rings. The molecular formula is C26H41N3O3. The van der Waals surface area contributed by atoms with Gasteiger partial charge in [-0.3, -0.25) is 0 Å². The number of aliphatic hydroxyl groups is 2. The number of aromatic amines is 1. The molecule has 1 aromatic heterocycles. The van der Waals surface area contributed by atoms with Gasteiger partial charge in [-0.1, -0.05) is 44.6 Å². The van der Waals surface area contributed by atoms with E-state index in [1.54, 1.807) is 0 Å². The van der Waals surface area contributed by atoms with Crippen LogP contribution in [0.25, 0.3) is 10.9 Å². The number of aromatic nitrogens is 1. The van der Waals surface area contributed by atoms with Crippen molar-refractivity contribution in [3.05, 3.63) is 29.5 Å². The number of hydrogen-bond donors (Lipinski definition) is 4. The van der Waals surface area contributed by atoms with Gasteiger partial charge in [0.15, 0.2) is 0 Å². The van der Waals surface area contributed by atoms with Gasteiger partial charge in [-0.25, -0.2) is 0 Å². The van der Waals surface area contributed by atoms with E-state index in [1.165, 1.54) is 37.7 Å². The summed E-state index contributed by atoms with van der Waals surface area (Å²) in [6.07, 6.45) is 9.65. The number of hydrogen-bond acceptors (Lipinski definition) is 5. The number of unbranched alkanes of at least 4 members (excludes halogenated alkanes) is 7. The molecule has 0 saturated carbocycles. The van der Waals surface area contributed by atoms with Crippen molar-refractivity contribution in [1.29, 1.82) is 5.26 Å². The first-order chi connectivity index (χ1) is 15.3. The van der Waals surface area contributed by atoms with Crippen molar-refractivity contribution in [1.82, 2.24) is 10.3 Å². The van der Waals surface area contributed by atoms with Gasteiger partial charge in [-0.15, -0.1) is 0 Å². The highest BCUT2D eigenvalue weighted by molar-refractivity contribution is 5.90. The molecule has 2 rings (SSSR count). The van der Waals surface area contributed by atoms with E-state index in [1.807, 2.05) is 12.1 Å². The van der Waals surface area contributed by atoms with Crippen molar-refractivity contribution in [2.24, 2.45) is 0 Å². The average Bonchev–Trinajstić information content (AvgIpc) is 3.20. The topological polar surface area (TPSA) is 101 Å². The first-order valence-electron chi connectivity index (χ1n) is 12.1. The van der Waals surface area contributed by atoms with Crippen LogP contribution in [0.1, 0.15) is 83.4 Å². The molecule has 0 amide bonds. The summed E-state index contributed by atoms with van der Waals surface area (Å²) >= 11 is 0. The minimum Gasteiger partial charge on any atom is -0.490 e. The van der Waals surface area contributed by atoms with Crippen LogP contribution in [0.3, 0.4) is 0 Å². The second-order valence-electron chi connectivity index (χ2n) is 9.70. The van der Waals surface area contributed by atoms with Crippen molar-refractivity contribution in [3.8, 4) is 11.8 Å².